The zero-order chi connectivity index (χ0) is 16.2. The Labute approximate surface area is 137 Å². The molecule has 2 aromatic carbocycles. The highest BCUT2D eigenvalue weighted by Crippen LogP contribution is 2.12. The summed E-state index contributed by atoms with van der Waals surface area (Å²) in [5.41, 5.74) is 1.58. The zero-order valence-corrected chi connectivity index (χ0v) is 14.0. The Kier molecular flexibility index (Phi) is 5.33. The molecule has 0 radical (unpaired) electrons. The smallest absolute Gasteiger partial charge is 0.238 e. The van der Waals surface area contributed by atoms with Gasteiger partial charge in [0.05, 0.1) is 11.3 Å². The van der Waals surface area contributed by atoms with Gasteiger partial charge in [-0.1, -0.05) is 40.2 Å². The summed E-state index contributed by atoms with van der Waals surface area (Å²) in [7, 11) is -3.73. The van der Waals surface area contributed by atoms with Crippen molar-refractivity contribution in [3.8, 4) is 0 Å². The van der Waals surface area contributed by atoms with E-state index in [4.69, 9.17) is 5.14 Å². The van der Waals surface area contributed by atoms with E-state index in [1.54, 1.807) is 12.1 Å². The molecule has 0 saturated heterocycles. The lowest BCUT2D eigenvalue weighted by Crippen LogP contribution is -2.24. The molecular weight excluding hydrogens is 368 g/mol. The van der Waals surface area contributed by atoms with E-state index < -0.39 is 10.0 Å². The van der Waals surface area contributed by atoms with Crippen LogP contribution in [-0.2, 0) is 27.8 Å². The van der Waals surface area contributed by atoms with E-state index in [1.807, 2.05) is 24.3 Å². The molecule has 0 aliphatic heterocycles. The number of sulfonamides is 1. The van der Waals surface area contributed by atoms with Gasteiger partial charge >= 0.3 is 0 Å². The van der Waals surface area contributed by atoms with Gasteiger partial charge in [-0.3, -0.25) is 4.79 Å². The Morgan fingerprint density at radius 3 is 2.41 bits per heavy atom. The van der Waals surface area contributed by atoms with E-state index in [0.717, 1.165) is 10.0 Å². The summed E-state index contributed by atoms with van der Waals surface area (Å²) in [4.78, 5) is 11.9. The third-order valence-corrected chi connectivity index (χ3v) is 4.43. The fourth-order valence-electron chi connectivity index (χ4n) is 1.88. The van der Waals surface area contributed by atoms with E-state index in [9.17, 15) is 13.2 Å². The second kappa shape index (κ2) is 7.04. The largest absolute Gasteiger partial charge is 0.352 e. The van der Waals surface area contributed by atoms with Crippen LogP contribution >= 0.6 is 15.9 Å². The predicted molar refractivity (Wildman–Crippen MR) is 87.5 cm³/mol. The van der Waals surface area contributed by atoms with Crippen LogP contribution in [0.2, 0.25) is 0 Å². The number of primary sulfonamides is 1. The Hall–Kier alpha value is -1.70. The van der Waals surface area contributed by atoms with Crippen LogP contribution in [0.4, 0.5) is 0 Å². The van der Waals surface area contributed by atoms with Crippen molar-refractivity contribution in [2.24, 2.45) is 5.14 Å². The topological polar surface area (TPSA) is 89.3 Å². The first-order valence-electron chi connectivity index (χ1n) is 6.47. The Bertz CT molecular complexity index is 774. The summed E-state index contributed by atoms with van der Waals surface area (Å²) in [6.45, 7) is 0.249. The number of nitrogens with two attached hydrogens (primary N) is 1. The molecule has 7 heteroatoms. The molecule has 0 aliphatic rings. The Morgan fingerprint density at radius 1 is 1.09 bits per heavy atom. The molecule has 22 heavy (non-hydrogen) atoms. The lowest BCUT2D eigenvalue weighted by atomic mass is 10.1. The number of amides is 1. The number of halogens is 1. The molecule has 116 valence electrons. The summed E-state index contributed by atoms with van der Waals surface area (Å²) in [6.07, 6.45) is 0.266. The first-order valence-corrected chi connectivity index (χ1v) is 8.81. The van der Waals surface area contributed by atoms with Gasteiger partial charge in [0.25, 0.3) is 0 Å². The number of carbonyl (C=O) groups is 1. The van der Waals surface area contributed by atoms with Crippen molar-refractivity contribution in [2.45, 2.75) is 17.9 Å². The van der Waals surface area contributed by atoms with Crippen LogP contribution in [0.3, 0.4) is 0 Å². The van der Waals surface area contributed by atoms with Crippen molar-refractivity contribution < 1.29 is 13.2 Å². The molecule has 0 heterocycles. The minimum absolute atomic E-state index is 0.0344. The number of nitrogens with one attached hydrogen (secondary N) is 1. The van der Waals surface area contributed by atoms with Gasteiger partial charge in [-0.25, -0.2) is 13.6 Å². The molecule has 0 bridgehead atoms. The normalized spacial score (nSPS) is 11.2. The van der Waals surface area contributed by atoms with Crippen molar-refractivity contribution in [1.29, 1.82) is 0 Å². The molecule has 0 unspecified atom stereocenters. The van der Waals surface area contributed by atoms with Gasteiger partial charge in [0, 0.05) is 11.0 Å². The minimum Gasteiger partial charge on any atom is -0.352 e. The second-order valence-corrected chi connectivity index (χ2v) is 7.25. The van der Waals surface area contributed by atoms with Crippen molar-refractivity contribution in [3.63, 3.8) is 0 Å². The van der Waals surface area contributed by atoms with Crippen molar-refractivity contribution in [2.75, 3.05) is 0 Å². The van der Waals surface area contributed by atoms with Crippen LogP contribution in [0.25, 0.3) is 0 Å². The summed E-state index contributed by atoms with van der Waals surface area (Å²) >= 11 is 3.34. The zero-order valence-electron chi connectivity index (χ0n) is 11.6. The maximum atomic E-state index is 11.9. The summed E-state index contributed by atoms with van der Waals surface area (Å²) in [5.74, 6) is -0.136. The van der Waals surface area contributed by atoms with Crippen LogP contribution in [0.1, 0.15) is 11.1 Å². The monoisotopic (exact) mass is 382 g/mol. The van der Waals surface area contributed by atoms with Crippen LogP contribution in [-0.4, -0.2) is 14.3 Å². The Morgan fingerprint density at radius 2 is 1.77 bits per heavy atom. The van der Waals surface area contributed by atoms with E-state index in [0.29, 0.717) is 5.56 Å². The molecule has 0 aliphatic carbocycles. The molecule has 3 N–H and O–H groups in total. The highest BCUT2D eigenvalue weighted by molar-refractivity contribution is 9.10. The van der Waals surface area contributed by atoms with Gasteiger partial charge in [0.2, 0.25) is 15.9 Å². The molecule has 1 amide bonds. The van der Waals surface area contributed by atoms with Crippen LogP contribution < -0.4 is 10.5 Å². The minimum atomic E-state index is -3.73. The number of hydrogen-bond donors (Lipinski definition) is 2. The summed E-state index contributed by atoms with van der Waals surface area (Å²) in [6, 6.07) is 13.7. The van der Waals surface area contributed by atoms with Crippen LogP contribution in [0, 0.1) is 0 Å². The number of hydrogen-bond acceptors (Lipinski definition) is 3. The lowest BCUT2D eigenvalue weighted by molar-refractivity contribution is -0.120. The number of rotatable bonds is 5. The molecule has 0 aromatic heterocycles. The SMILES string of the molecule is NS(=O)(=O)c1cccc(CNC(=O)Cc2ccc(Br)cc2)c1. The van der Waals surface area contributed by atoms with Crippen molar-refractivity contribution >= 4 is 31.9 Å². The van der Waals surface area contributed by atoms with E-state index in [1.165, 1.54) is 12.1 Å². The molecule has 0 atom stereocenters. The van der Waals surface area contributed by atoms with Gasteiger partial charge in [-0.15, -0.1) is 0 Å². The quantitative estimate of drug-likeness (QED) is 0.827. The molecular formula is C15H15BrN2O3S. The predicted octanol–water partition coefficient (Wildman–Crippen LogP) is 1.96. The molecule has 5 nitrogen and oxygen atoms in total. The number of carbonyl (C=O) groups excluding carboxylic acids is 1. The van der Waals surface area contributed by atoms with Gasteiger partial charge in [0.15, 0.2) is 0 Å². The van der Waals surface area contributed by atoms with Gasteiger partial charge in [0.1, 0.15) is 0 Å². The average molecular weight is 383 g/mol. The molecule has 0 saturated carbocycles. The first-order chi connectivity index (χ1) is 10.3. The first kappa shape index (κ1) is 16.7. The third-order valence-electron chi connectivity index (χ3n) is 2.99. The standard InChI is InChI=1S/C15H15BrN2O3S/c16-13-6-4-11(5-7-13)9-15(19)18-10-12-2-1-3-14(8-12)22(17,20)21/h1-8H,9-10H2,(H,18,19)(H2,17,20,21). The maximum Gasteiger partial charge on any atom is 0.238 e. The van der Waals surface area contributed by atoms with E-state index >= 15 is 0 Å². The molecule has 2 rings (SSSR count). The summed E-state index contributed by atoms with van der Waals surface area (Å²) < 4.78 is 23.5. The lowest BCUT2D eigenvalue weighted by Gasteiger charge is -2.07. The fraction of sp³-hybridized carbons (Fsp3) is 0.133. The number of benzene rings is 2. The molecule has 0 spiro atoms. The maximum absolute atomic E-state index is 11.9. The average Bonchev–Trinajstić information content (AvgIpc) is 2.47. The van der Waals surface area contributed by atoms with Crippen LogP contribution in [0.5, 0.6) is 0 Å². The van der Waals surface area contributed by atoms with E-state index in [2.05, 4.69) is 21.2 Å². The summed E-state index contributed by atoms with van der Waals surface area (Å²) in [5, 5.41) is 7.83. The third kappa shape index (κ3) is 4.94. The fourth-order valence-corrected chi connectivity index (χ4v) is 2.73. The van der Waals surface area contributed by atoms with Gasteiger partial charge in [-0.05, 0) is 35.4 Å². The van der Waals surface area contributed by atoms with Gasteiger partial charge < -0.3 is 5.32 Å². The second-order valence-electron chi connectivity index (χ2n) is 4.77. The highest BCUT2D eigenvalue weighted by atomic mass is 79.9. The van der Waals surface area contributed by atoms with Crippen molar-refractivity contribution in [3.05, 3.63) is 64.1 Å². The molecule has 0 fully saturated rings. The highest BCUT2D eigenvalue weighted by Gasteiger charge is 2.08. The molecule has 2 aromatic rings. The Balaban J connectivity index is 1.95. The van der Waals surface area contributed by atoms with E-state index in [-0.39, 0.29) is 23.8 Å². The van der Waals surface area contributed by atoms with Crippen LogP contribution in [0.15, 0.2) is 57.9 Å². The van der Waals surface area contributed by atoms with Gasteiger partial charge in [-0.2, -0.15) is 0 Å². The van der Waals surface area contributed by atoms with Crippen molar-refractivity contribution in [1.82, 2.24) is 5.32 Å².